The largest absolute Gasteiger partial charge is 0.493 e. The minimum Gasteiger partial charge on any atom is -0.493 e. The Hall–Kier alpha value is -2.89. The number of primary amides is 1. The van der Waals surface area contributed by atoms with Crippen LogP contribution in [0.4, 0.5) is 4.39 Å². The van der Waals surface area contributed by atoms with E-state index in [-0.39, 0.29) is 24.8 Å². The highest BCUT2D eigenvalue weighted by Crippen LogP contribution is 2.35. The van der Waals surface area contributed by atoms with Crippen molar-refractivity contribution in [2.45, 2.75) is 32.6 Å². The van der Waals surface area contributed by atoms with Crippen molar-refractivity contribution in [2.24, 2.45) is 11.1 Å². The van der Waals surface area contributed by atoms with E-state index in [4.69, 9.17) is 10.5 Å². The van der Waals surface area contributed by atoms with Gasteiger partial charge in [-0.25, -0.2) is 4.39 Å². The standard InChI is InChI=1S/C23H27FN2O3/c1-2-17-4-6-18(7-5-17)22(28)26-13-3-12-23(15-26,14-21(25)27)16-29-20-10-8-19(24)9-11-20/h4-11H,2-3,12-16H2,1H3,(H2,25,27)/t23-/m0/s1. The van der Waals surface area contributed by atoms with E-state index >= 15 is 0 Å². The summed E-state index contributed by atoms with van der Waals surface area (Å²) in [6.45, 7) is 3.33. The van der Waals surface area contributed by atoms with Gasteiger partial charge in [0.05, 0.1) is 6.61 Å². The molecule has 1 aliphatic rings. The predicted octanol–water partition coefficient (Wildman–Crippen LogP) is 3.56. The fourth-order valence-electron chi connectivity index (χ4n) is 3.90. The van der Waals surface area contributed by atoms with Crippen molar-refractivity contribution in [3.63, 3.8) is 0 Å². The quantitative estimate of drug-likeness (QED) is 0.775. The molecule has 5 nitrogen and oxygen atoms in total. The molecule has 0 saturated carbocycles. The van der Waals surface area contributed by atoms with Gasteiger partial charge in [-0.1, -0.05) is 19.1 Å². The van der Waals surface area contributed by atoms with Crippen LogP contribution in [-0.4, -0.2) is 36.4 Å². The summed E-state index contributed by atoms with van der Waals surface area (Å²) >= 11 is 0. The van der Waals surface area contributed by atoms with Crippen molar-refractivity contribution < 1.29 is 18.7 Å². The Morgan fingerprint density at radius 1 is 1.14 bits per heavy atom. The van der Waals surface area contributed by atoms with Gasteiger partial charge in [0.1, 0.15) is 11.6 Å². The molecule has 0 bridgehead atoms. The second-order valence-electron chi connectivity index (χ2n) is 7.77. The van der Waals surface area contributed by atoms with Crippen LogP contribution >= 0.6 is 0 Å². The van der Waals surface area contributed by atoms with Gasteiger partial charge in [0.25, 0.3) is 5.91 Å². The van der Waals surface area contributed by atoms with E-state index in [0.29, 0.717) is 24.4 Å². The third kappa shape index (κ3) is 5.34. The number of nitrogens with two attached hydrogens (primary N) is 1. The van der Waals surface area contributed by atoms with Crippen LogP contribution in [0.25, 0.3) is 0 Å². The van der Waals surface area contributed by atoms with Gasteiger partial charge in [0.2, 0.25) is 5.91 Å². The maximum Gasteiger partial charge on any atom is 0.253 e. The number of hydrogen-bond acceptors (Lipinski definition) is 3. The Morgan fingerprint density at radius 3 is 2.45 bits per heavy atom. The molecule has 0 aromatic heterocycles. The van der Waals surface area contributed by atoms with E-state index < -0.39 is 11.3 Å². The lowest BCUT2D eigenvalue weighted by Crippen LogP contribution is -2.50. The summed E-state index contributed by atoms with van der Waals surface area (Å²) in [5, 5.41) is 0. The lowest BCUT2D eigenvalue weighted by atomic mass is 9.77. The highest BCUT2D eigenvalue weighted by atomic mass is 19.1. The van der Waals surface area contributed by atoms with Gasteiger partial charge in [-0.15, -0.1) is 0 Å². The topological polar surface area (TPSA) is 72.6 Å². The van der Waals surface area contributed by atoms with Crippen LogP contribution < -0.4 is 10.5 Å². The maximum atomic E-state index is 13.1. The Bertz CT molecular complexity index is 851. The number of likely N-dealkylation sites (tertiary alicyclic amines) is 1. The molecule has 2 aromatic rings. The van der Waals surface area contributed by atoms with E-state index in [1.807, 2.05) is 24.3 Å². The van der Waals surface area contributed by atoms with E-state index in [0.717, 1.165) is 19.3 Å². The normalized spacial score (nSPS) is 19.0. The number of carbonyl (C=O) groups is 2. The molecular formula is C23H27FN2O3. The van der Waals surface area contributed by atoms with E-state index in [9.17, 15) is 14.0 Å². The molecule has 6 heteroatoms. The Kier molecular flexibility index (Phi) is 6.52. The Morgan fingerprint density at radius 2 is 1.83 bits per heavy atom. The minimum atomic E-state index is -0.558. The van der Waals surface area contributed by atoms with Crippen LogP contribution in [0.5, 0.6) is 5.75 Å². The number of benzene rings is 2. The minimum absolute atomic E-state index is 0.0528. The predicted molar refractivity (Wildman–Crippen MR) is 109 cm³/mol. The lowest BCUT2D eigenvalue weighted by Gasteiger charge is -2.42. The molecule has 2 amide bonds. The number of rotatable bonds is 7. The zero-order chi connectivity index (χ0) is 20.9. The molecular weight excluding hydrogens is 371 g/mol. The molecule has 0 unspecified atom stereocenters. The highest BCUT2D eigenvalue weighted by molar-refractivity contribution is 5.94. The van der Waals surface area contributed by atoms with Gasteiger partial charge in [-0.3, -0.25) is 9.59 Å². The van der Waals surface area contributed by atoms with Gasteiger partial charge in [0, 0.05) is 30.5 Å². The van der Waals surface area contributed by atoms with Crippen LogP contribution in [-0.2, 0) is 11.2 Å². The fraction of sp³-hybridized carbons (Fsp3) is 0.391. The monoisotopic (exact) mass is 398 g/mol. The maximum absolute atomic E-state index is 13.1. The molecule has 0 spiro atoms. The first-order valence-corrected chi connectivity index (χ1v) is 9.96. The van der Waals surface area contributed by atoms with Crippen LogP contribution in [0, 0.1) is 11.2 Å². The van der Waals surface area contributed by atoms with E-state index in [1.54, 1.807) is 17.0 Å². The molecule has 154 valence electrons. The molecule has 1 atom stereocenters. The molecule has 29 heavy (non-hydrogen) atoms. The number of ether oxygens (including phenoxy) is 1. The van der Waals surface area contributed by atoms with Crippen molar-refractivity contribution in [3.8, 4) is 5.75 Å². The third-order valence-corrected chi connectivity index (χ3v) is 5.47. The van der Waals surface area contributed by atoms with Gasteiger partial charge in [-0.05, 0) is 61.2 Å². The molecule has 0 aliphatic carbocycles. The number of amides is 2. The molecule has 2 aromatic carbocycles. The third-order valence-electron chi connectivity index (χ3n) is 5.47. The Labute approximate surface area is 170 Å². The number of halogens is 1. The number of hydrogen-bond donors (Lipinski definition) is 1. The molecule has 2 N–H and O–H groups in total. The summed E-state index contributed by atoms with van der Waals surface area (Å²) in [7, 11) is 0. The van der Waals surface area contributed by atoms with Crippen LogP contribution in [0.15, 0.2) is 48.5 Å². The number of carbonyl (C=O) groups excluding carboxylic acids is 2. The zero-order valence-electron chi connectivity index (χ0n) is 16.7. The van der Waals surface area contributed by atoms with Gasteiger partial charge in [0.15, 0.2) is 0 Å². The summed E-state index contributed by atoms with van der Waals surface area (Å²) in [4.78, 5) is 26.6. The average molecular weight is 398 g/mol. The molecule has 0 radical (unpaired) electrons. The first-order chi connectivity index (χ1) is 13.9. The second-order valence-corrected chi connectivity index (χ2v) is 7.77. The summed E-state index contributed by atoms with van der Waals surface area (Å²) in [5.41, 5.74) is 6.77. The Balaban J connectivity index is 1.74. The highest BCUT2D eigenvalue weighted by Gasteiger charge is 2.39. The molecule has 1 saturated heterocycles. The van der Waals surface area contributed by atoms with Crippen molar-refractivity contribution in [1.82, 2.24) is 4.90 Å². The first-order valence-electron chi connectivity index (χ1n) is 9.96. The lowest BCUT2D eigenvalue weighted by molar-refractivity contribution is -0.122. The SMILES string of the molecule is CCc1ccc(C(=O)N2CCC[C@](COc3ccc(F)cc3)(CC(N)=O)C2)cc1. The average Bonchev–Trinajstić information content (AvgIpc) is 2.72. The van der Waals surface area contributed by atoms with E-state index in [2.05, 4.69) is 6.92 Å². The zero-order valence-corrected chi connectivity index (χ0v) is 16.7. The smallest absolute Gasteiger partial charge is 0.253 e. The van der Waals surface area contributed by atoms with E-state index in [1.165, 1.54) is 17.7 Å². The summed E-state index contributed by atoms with van der Waals surface area (Å²) in [6.07, 6.45) is 2.54. The molecule has 3 rings (SSSR count). The van der Waals surface area contributed by atoms with Crippen LogP contribution in [0.3, 0.4) is 0 Å². The van der Waals surface area contributed by atoms with Crippen LogP contribution in [0.1, 0.15) is 42.1 Å². The number of aryl methyl sites for hydroxylation is 1. The summed E-state index contributed by atoms with van der Waals surface area (Å²) < 4.78 is 19.0. The van der Waals surface area contributed by atoms with Crippen molar-refractivity contribution in [1.29, 1.82) is 0 Å². The van der Waals surface area contributed by atoms with Gasteiger partial charge in [-0.2, -0.15) is 0 Å². The molecule has 1 aliphatic heterocycles. The fourth-order valence-corrected chi connectivity index (χ4v) is 3.90. The summed E-state index contributed by atoms with van der Waals surface area (Å²) in [6, 6.07) is 13.4. The van der Waals surface area contributed by atoms with Gasteiger partial charge < -0.3 is 15.4 Å². The summed E-state index contributed by atoms with van der Waals surface area (Å²) in [5.74, 6) is -0.293. The van der Waals surface area contributed by atoms with Crippen molar-refractivity contribution in [3.05, 3.63) is 65.5 Å². The van der Waals surface area contributed by atoms with Crippen molar-refractivity contribution >= 4 is 11.8 Å². The molecule has 1 heterocycles. The second kappa shape index (κ2) is 9.07. The first kappa shape index (κ1) is 20.8. The van der Waals surface area contributed by atoms with Gasteiger partial charge >= 0.3 is 0 Å². The number of piperidine rings is 1. The molecule has 1 fully saturated rings. The van der Waals surface area contributed by atoms with Crippen LogP contribution in [0.2, 0.25) is 0 Å². The number of nitrogens with zero attached hydrogens (tertiary/aromatic N) is 1. The van der Waals surface area contributed by atoms with Crippen molar-refractivity contribution in [2.75, 3.05) is 19.7 Å².